The molecule has 1 atom stereocenters. The molecule has 1 aromatic rings. The summed E-state index contributed by atoms with van der Waals surface area (Å²) in [5.41, 5.74) is 0.816. The summed E-state index contributed by atoms with van der Waals surface area (Å²) < 4.78 is 5.41. The Morgan fingerprint density at radius 2 is 1.81 bits per heavy atom. The van der Waals surface area contributed by atoms with Gasteiger partial charge < -0.3 is 14.7 Å². The van der Waals surface area contributed by atoms with Crippen molar-refractivity contribution in [3.63, 3.8) is 0 Å². The van der Waals surface area contributed by atoms with Crippen molar-refractivity contribution in [2.45, 2.75) is 19.9 Å². The van der Waals surface area contributed by atoms with E-state index in [1.807, 2.05) is 36.1 Å². The standard InChI is InChI=1S/C16H24N2O3/c1-3-17-9-11-18(12-10-17)15(16(19)20)13-5-7-14(8-6-13)21-4-2/h5-8,15H,3-4,9-12H2,1-2H3,(H,19,20). The average Bonchev–Trinajstić information content (AvgIpc) is 2.50. The first kappa shape index (κ1) is 15.8. The Labute approximate surface area is 126 Å². The van der Waals surface area contributed by atoms with Gasteiger partial charge in [0.25, 0.3) is 0 Å². The molecular weight excluding hydrogens is 268 g/mol. The van der Waals surface area contributed by atoms with Crippen LogP contribution in [0.1, 0.15) is 25.5 Å². The number of hydrogen-bond acceptors (Lipinski definition) is 4. The third kappa shape index (κ3) is 3.95. The maximum absolute atomic E-state index is 11.7. The van der Waals surface area contributed by atoms with Gasteiger partial charge in [0.15, 0.2) is 0 Å². The summed E-state index contributed by atoms with van der Waals surface area (Å²) in [7, 11) is 0. The average molecular weight is 292 g/mol. The topological polar surface area (TPSA) is 53.0 Å². The predicted molar refractivity (Wildman–Crippen MR) is 81.7 cm³/mol. The van der Waals surface area contributed by atoms with Crippen molar-refractivity contribution >= 4 is 5.97 Å². The summed E-state index contributed by atoms with van der Waals surface area (Å²) in [6.45, 7) is 9.14. The smallest absolute Gasteiger partial charge is 0.325 e. The highest BCUT2D eigenvalue weighted by atomic mass is 16.5. The van der Waals surface area contributed by atoms with Gasteiger partial charge in [0.2, 0.25) is 0 Å². The van der Waals surface area contributed by atoms with Crippen LogP contribution in [-0.4, -0.2) is 60.2 Å². The van der Waals surface area contributed by atoms with Gasteiger partial charge in [-0.05, 0) is 31.2 Å². The maximum atomic E-state index is 11.7. The van der Waals surface area contributed by atoms with Crippen LogP contribution in [0.4, 0.5) is 0 Å². The van der Waals surface area contributed by atoms with E-state index in [2.05, 4.69) is 11.8 Å². The normalized spacial score (nSPS) is 18.4. The van der Waals surface area contributed by atoms with E-state index < -0.39 is 12.0 Å². The third-order valence-electron chi connectivity index (χ3n) is 3.96. The molecule has 1 aromatic carbocycles. The van der Waals surface area contributed by atoms with E-state index in [1.165, 1.54) is 0 Å². The fourth-order valence-electron chi connectivity index (χ4n) is 2.76. The Kier molecular flexibility index (Phi) is 5.59. The summed E-state index contributed by atoms with van der Waals surface area (Å²) in [4.78, 5) is 16.1. The zero-order valence-corrected chi connectivity index (χ0v) is 12.8. The zero-order valence-electron chi connectivity index (χ0n) is 12.8. The number of carbonyl (C=O) groups is 1. The fraction of sp³-hybridized carbons (Fsp3) is 0.562. The third-order valence-corrected chi connectivity index (χ3v) is 3.96. The van der Waals surface area contributed by atoms with E-state index in [1.54, 1.807) is 0 Å². The van der Waals surface area contributed by atoms with Crippen molar-refractivity contribution in [1.29, 1.82) is 0 Å². The molecule has 0 aliphatic carbocycles. The number of benzene rings is 1. The lowest BCUT2D eigenvalue weighted by atomic mass is 10.0. The monoisotopic (exact) mass is 292 g/mol. The van der Waals surface area contributed by atoms with Gasteiger partial charge in [-0.25, -0.2) is 0 Å². The van der Waals surface area contributed by atoms with Gasteiger partial charge in [0, 0.05) is 26.2 Å². The first-order valence-electron chi connectivity index (χ1n) is 7.57. The van der Waals surface area contributed by atoms with Gasteiger partial charge in [-0.1, -0.05) is 19.1 Å². The van der Waals surface area contributed by atoms with Gasteiger partial charge >= 0.3 is 5.97 Å². The second-order valence-electron chi connectivity index (χ2n) is 5.21. The Balaban J connectivity index is 2.10. The molecule has 0 saturated carbocycles. The first-order chi connectivity index (χ1) is 10.2. The number of carboxylic acid groups (broad SMARTS) is 1. The summed E-state index contributed by atoms with van der Waals surface area (Å²) in [5, 5.41) is 9.59. The molecule has 1 N–H and O–H groups in total. The van der Waals surface area contributed by atoms with Gasteiger partial charge in [-0.3, -0.25) is 9.69 Å². The summed E-state index contributed by atoms with van der Waals surface area (Å²) in [6, 6.07) is 6.83. The molecule has 0 spiro atoms. The van der Waals surface area contributed by atoms with E-state index in [-0.39, 0.29) is 0 Å². The second-order valence-corrected chi connectivity index (χ2v) is 5.21. The number of rotatable bonds is 6. The number of nitrogens with zero attached hydrogens (tertiary/aromatic N) is 2. The predicted octanol–water partition coefficient (Wildman–Crippen LogP) is 1.85. The number of hydrogen-bond donors (Lipinski definition) is 1. The SMILES string of the molecule is CCOc1ccc(C(C(=O)O)N2CCN(CC)CC2)cc1. The molecule has 0 aromatic heterocycles. The van der Waals surface area contributed by atoms with Crippen molar-refractivity contribution in [2.24, 2.45) is 0 Å². The number of ether oxygens (including phenoxy) is 1. The van der Waals surface area contributed by atoms with E-state index >= 15 is 0 Å². The Hall–Kier alpha value is -1.59. The summed E-state index contributed by atoms with van der Waals surface area (Å²) >= 11 is 0. The molecule has 116 valence electrons. The second kappa shape index (κ2) is 7.43. The van der Waals surface area contributed by atoms with Crippen molar-refractivity contribution in [1.82, 2.24) is 9.80 Å². The summed E-state index contributed by atoms with van der Waals surface area (Å²) in [5.74, 6) is -0.00898. The largest absolute Gasteiger partial charge is 0.494 e. The van der Waals surface area contributed by atoms with Crippen LogP contribution in [0.3, 0.4) is 0 Å². The van der Waals surface area contributed by atoms with Crippen molar-refractivity contribution in [3.05, 3.63) is 29.8 Å². The van der Waals surface area contributed by atoms with Crippen LogP contribution in [0, 0.1) is 0 Å². The Morgan fingerprint density at radius 1 is 1.19 bits per heavy atom. The van der Waals surface area contributed by atoms with Gasteiger partial charge in [-0.2, -0.15) is 0 Å². The van der Waals surface area contributed by atoms with E-state index in [0.717, 1.165) is 44.0 Å². The Bertz CT molecular complexity index is 453. The molecule has 1 saturated heterocycles. The van der Waals surface area contributed by atoms with Crippen LogP contribution >= 0.6 is 0 Å². The molecule has 1 unspecified atom stereocenters. The minimum Gasteiger partial charge on any atom is -0.494 e. The molecule has 5 heteroatoms. The number of carboxylic acids is 1. The molecule has 0 bridgehead atoms. The zero-order chi connectivity index (χ0) is 15.2. The molecule has 1 aliphatic rings. The molecule has 1 aliphatic heterocycles. The van der Waals surface area contributed by atoms with Crippen molar-refractivity contribution < 1.29 is 14.6 Å². The fourth-order valence-corrected chi connectivity index (χ4v) is 2.76. The van der Waals surface area contributed by atoms with Gasteiger partial charge in [0.1, 0.15) is 11.8 Å². The van der Waals surface area contributed by atoms with Crippen LogP contribution in [0.25, 0.3) is 0 Å². The van der Waals surface area contributed by atoms with Crippen LogP contribution in [-0.2, 0) is 4.79 Å². The van der Waals surface area contributed by atoms with Crippen LogP contribution in [0.15, 0.2) is 24.3 Å². The molecule has 0 radical (unpaired) electrons. The van der Waals surface area contributed by atoms with E-state index in [0.29, 0.717) is 6.61 Å². The molecule has 21 heavy (non-hydrogen) atoms. The molecule has 5 nitrogen and oxygen atoms in total. The van der Waals surface area contributed by atoms with E-state index in [4.69, 9.17) is 4.74 Å². The molecular formula is C16H24N2O3. The van der Waals surface area contributed by atoms with Crippen LogP contribution in [0.2, 0.25) is 0 Å². The van der Waals surface area contributed by atoms with Crippen LogP contribution in [0.5, 0.6) is 5.75 Å². The highest BCUT2D eigenvalue weighted by molar-refractivity contribution is 5.75. The lowest BCUT2D eigenvalue weighted by Crippen LogP contribution is -2.49. The molecule has 1 fully saturated rings. The quantitative estimate of drug-likeness (QED) is 0.867. The van der Waals surface area contributed by atoms with Gasteiger partial charge in [0.05, 0.1) is 6.61 Å². The van der Waals surface area contributed by atoms with Gasteiger partial charge in [-0.15, -0.1) is 0 Å². The highest BCUT2D eigenvalue weighted by Gasteiger charge is 2.29. The molecule has 2 rings (SSSR count). The van der Waals surface area contributed by atoms with Crippen molar-refractivity contribution in [2.75, 3.05) is 39.3 Å². The Morgan fingerprint density at radius 3 is 2.29 bits per heavy atom. The number of piperazine rings is 1. The number of aliphatic carboxylic acids is 1. The van der Waals surface area contributed by atoms with Crippen molar-refractivity contribution in [3.8, 4) is 5.75 Å². The lowest BCUT2D eigenvalue weighted by molar-refractivity contribution is -0.144. The minimum absolute atomic E-state index is 0.570. The first-order valence-corrected chi connectivity index (χ1v) is 7.57. The van der Waals surface area contributed by atoms with Crippen LogP contribution < -0.4 is 4.74 Å². The maximum Gasteiger partial charge on any atom is 0.325 e. The lowest BCUT2D eigenvalue weighted by Gasteiger charge is -2.37. The van der Waals surface area contributed by atoms with E-state index in [9.17, 15) is 9.90 Å². The summed E-state index contributed by atoms with van der Waals surface area (Å²) in [6.07, 6.45) is 0. The highest BCUT2D eigenvalue weighted by Crippen LogP contribution is 2.24. The number of likely N-dealkylation sites (N-methyl/N-ethyl adjacent to an activating group) is 1. The minimum atomic E-state index is -0.788. The molecule has 0 amide bonds. The molecule has 1 heterocycles.